The molecule has 2 aliphatic rings. The molecule has 0 radical (unpaired) electrons. The van der Waals surface area contributed by atoms with E-state index in [9.17, 15) is 14.7 Å². The molecule has 4 atom stereocenters. The minimum atomic E-state index is -1.08. The molecule has 0 aliphatic carbocycles. The molecule has 7 heteroatoms. The zero-order chi connectivity index (χ0) is 14.0. The highest BCUT2D eigenvalue weighted by Gasteiger charge is 2.39. The van der Waals surface area contributed by atoms with E-state index in [1.54, 1.807) is 0 Å². The van der Waals surface area contributed by atoms with Crippen molar-refractivity contribution in [2.75, 3.05) is 13.2 Å². The molecule has 0 aromatic rings. The van der Waals surface area contributed by atoms with Crippen LogP contribution in [0.5, 0.6) is 0 Å². The molecule has 2 aliphatic heterocycles. The highest BCUT2D eigenvalue weighted by Crippen LogP contribution is 2.19. The third-order valence-corrected chi connectivity index (χ3v) is 3.64. The maximum atomic E-state index is 12.1. The zero-order valence-electron chi connectivity index (χ0n) is 10.9. The number of aliphatic hydroxyl groups is 1. The number of hydrogen-bond acceptors (Lipinski definition) is 4. The molecule has 2 heterocycles. The molecule has 2 unspecified atom stereocenters. The van der Waals surface area contributed by atoms with Gasteiger partial charge in [0.15, 0.2) is 0 Å². The van der Waals surface area contributed by atoms with Crippen LogP contribution in [0.25, 0.3) is 0 Å². The van der Waals surface area contributed by atoms with Crippen molar-refractivity contribution >= 4 is 12.0 Å². The summed E-state index contributed by atoms with van der Waals surface area (Å²) in [5.74, 6) is -1.08. The van der Waals surface area contributed by atoms with Gasteiger partial charge in [-0.15, -0.1) is 0 Å². The predicted molar refractivity (Wildman–Crippen MR) is 65.7 cm³/mol. The molecule has 0 saturated carbocycles. The van der Waals surface area contributed by atoms with E-state index in [0.29, 0.717) is 6.61 Å². The number of rotatable bonds is 2. The Labute approximate surface area is 111 Å². The average molecular weight is 272 g/mol. The van der Waals surface area contributed by atoms with Crippen molar-refractivity contribution in [3.63, 3.8) is 0 Å². The molecule has 2 fully saturated rings. The van der Waals surface area contributed by atoms with Gasteiger partial charge in [-0.3, -0.25) is 0 Å². The van der Waals surface area contributed by atoms with Crippen molar-refractivity contribution in [3.8, 4) is 0 Å². The summed E-state index contributed by atoms with van der Waals surface area (Å²) in [7, 11) is 0. The molecule has 7 nitrogen and oxygen atoms in total. The summed E-state index contributed by atoms with van der Waals surface area (Å²) in [5.41, 5.74) is 0. The van der Waals surface area contributed by atoms with Crippen molar-refractivity contribution in [3.05, 3.63) is 0 Å². The Kier molecular flexibility index (Phi) is 4.26. The van der Waals surface area contributed by atoms with Crippen LogP contribution < -0.4 is 5.32 Å². The van der Waals surface area contributed by atoms with Gasteiger partial charge in [-0.1, -0.05) is 0 Å². The van der Waals surface area contributed by atoms with Crippen LogP contribution >= 0.6 is 0 Å². The average Bonchev–Trinajstić information content (AvgIpc) is 2.71. The van der Waals surface area contributed by atoms with E-state index < -0.39 is 24.1 Å². The fourth-order valence-corrected chi connectivity index (χ4v) is 2.66. The largest absolute Gasteiger partial charge is 0.480 e. The number of nitrogens with zero attached hydrogens (tertiary/aromatic N) is 1. The Hall–Kier alpha value is -1.34. The molecule has 0 aromatic carbocycles. The van der Waals surface area contributed by atoms with Gasteiger partial charge in [-0.2, -0.15) is 0 Å². The second-order valence-corrected chi connectivity index (χ2v) is 5.25. The minimum Gasteiger partial charge on any atom is -0.480 e. The van der Waals surface area contributed by atoms with Gasteiger partial charge in [0.25, 0.3) is 0 Å². The van der Waals surface area contributed by atoms with Gasteiger partial charge in [0, 0.05) is 25.6 Å². The molecule has 19 heavy (non-hydrogen) atoms. The Morgan fingerprint density at radius 2 is 2.11 bits per heavy atom. The quantitative estimate of drug-likeness (QED) is 0.645. The lowest BCUT2D eigenvalue weighted by Gasteiger charge is -2.30. The summed E-state index contributed by atoms with van der Waals surface area (Å²) in [6.45, 7) is 2.61. The van der Waals surface area contributed by atoms with Crippen LogP contribution in [0.4, 0.5) is 4.79 Å². The Morgan fingerprint density at radius 1 is 1.37 bits per heavy atom. The first-order chi connectivity index (χ1) is 8.97. The maximum absolute atomic E-state index is 12.1. The lowest BCUT2D eigenvalue weighted by molar-refractivity contribution is -0.141. The number of ether oxygens (including phenoxy) is 1. The van der Waals surface area contributed by atoms with Crippen molar-refractivity contribution < 1.29 is 24.5 Å². The van der Waals surface area contributed by atoms with Gasteiger partial charge in [-0.25, -0.2) is 9.59 Å². The number of likely N-dealkylation sites (tertiary alicyclic amines) is 1. The minimum absolute atomic E-state index is 0.00318. The summed E-state index contributed by atoms with van der Waals surface area (Å²) in [5, 5.41) is 21.4. The van der Waals surface area contributed by atoms with Crippen LogP contribution in [0.2, 0.25) is 0 Å². The summed E-state index contributed by atoms with van der Waals surface area (Å²) in [4.78, 5) is 24.3. The van der Waals surface area contributed by atoms with Gasteiger partial charge >= 0.3 is 12.0 Å². The fourth-order valence-electron chi connectivity index (χ4n) is 2.66. The molecule has 2 amide bonds. The second-order valence-electron chi connectivity index (χ2n) is 5.25. The molecular weight excluding hydrogens is 252 g/mol. The van der Waals surface area contributed by atoms with Gasteiger partial charge in [0.05, 0.1) is 12.2 Å². The van der Waals surface area contributed by atoms with Crippen LogP contribution in [0, 0.1) is 0 Å². The molecule has 0 spiro atoms. The van der Waals surface area contributed by atoms with E-state index >= 15 is 0 Å². The van der Waals surface area contributed by atoms with E-state index in [0.717, 1.165) is 12.8 Å². The summed E-state index contributed by atoms with van der Waals surface area (Å²) in [6, 6.07) is -1.35. The topological polar surface area (TPSA) is 99.1 Å². The number of carbonyl (C=O) groups is 2. The van der Waals surface area contributed by atoms with E-state index in [2.05, 4.69) is 5.32 Å². The smallest absolute Gasteiger partial charge is 0.326 e. The van der Waals surface area contributed by atoms with E-state index in [1.807, 2.05) is 6.92 Å². The number of carboxylic acids is 1. The van der Waals surface area contributed by atoms with E-state index in [1.165, 1.54) is 4.90 Å². The number of nitrogens with one attached hydrogen (secondary N) is 1. The number of aliphatic hydroxyl groups excluding tert-OH is 1. The lowest BCUT2D eigenvalue weighted by Crippen LogP contribution is -2.51. The maximum Gasteiger partial charge on any atom is 0.326 e. The second kappa shape index (κ2) is 5.75. The monoisotopic (exact) mass is 272 g/mol. The SMILES string of the molecule is CC1CC(NC(=O)N2C[C@H](O)C[C@@H]2C(=O)O)CCO1. The van der Waals surface area contributed by atoms with E-state index in [-0.39, 0.29) is 25.1 Å². The summed E-state index contributed by atoms with van der Waals surface area (Å²) < 4.78 is 5.39. The summed E-state index contributed by atoms with van der Waals surface area (Å²) in [6.07, 6.45) is 0.871. The first-order valence-corrected chi connectivity index (χ1v) is 6.57. The number of carboxylic acid groups (broad SMARTS) is 1. The first-order valence-electron chi connectivity index (χ1n) is 6.57. The van der Waals surface area contributed by atoms with Crippen LogP contribution in [-0.2, 0) is 9.53 Å². The Balaban J connectivity index is 1.93. The van der Waals surface area contributed by atoms with Crippen LogP contribution in [0.15, 0.2) is 0 Å². The third-order valence-electron chi connectivity index (χ3n) is 3.64. The van der Waals surface area contributed by atoms with Gasteiger partial charge in [0.1, 0.15) is 6.04 Å². The number of aliphatic carboxylic acids is 1. The van der Waals surface area contributed by atoms with Gasteiger partial charge in [-0.05, 0) is 19.8 Å². The Morgan fingerprint density at radius 3 is 2.74 bits per heavy atom. The first kappa shape index (κ1) is 14.1. The molecule has 2 saturated heterocycles. The molecule has 108 valence electrons. The van der Waals surface area contributed by atoms with E-state index in [4.69, 9.17) is 9.84 Å². The zero-order valence-corrected chi connectivity index (χ0v) is 10.9. The lowest BCUT2D eigenvalue weighted by atomic mass is 10.0. The molecule has 0 aromatic heterocycles. The fraction of sp³-hybridized carbons (Fsp3) is 0.833. The standard InChI is InChI=1S/C12H20N2O5/c1-7-4-8(2-3-19-7)13-12(18)14-6-9(15)5-10(14)11(16)17/h7-10,15H,2-6H2,1H3,(H,13,18)(H,16,17)/t7?,8?,9-,10-/m1/s1. The van der Waals surface area contributed by atoms with Crippen LogP contribution in [0.3, 0.4) is 0 Å². The number of amides is 2. The molecular formula is C12H20N2O5. The number of urea groups is 1. The van der Waals surface area contributed by atoms with Crippen molar-refractivity contribution in [2.45, 2.75) is 50.5 Å². The highest BCUT2D eigenvalue weighted by atomic mass is 16.5. The number of β-amino-alcohol motifs (C(OH)–C–C–N with tert-alkyl or cyclic N) is 1. The molecule has 0 bridgehead atoms. The van der Waals surface area contributed by atoms with Crippen LogP contribution in [-0.4, -0.2) is 64.6 Å². The Bertz CT molecular complexity index is 362. The summed E-state index contributed by atoms with van der Waals surface area (Å²) >= 11 is 0. The predicted octanol–water partition coefficient (Wildman–Crippen LogP) is -0.217. The van der Waals surface area contributed by atoms with Gasteiger partial charge in [0.2, 0.25) is 0 Å². The normalized spacial score (nSPS) is 35.2. The molecule has 2 rings (SSSR count). The third kappa shape index (κ3) is 3.36. The van der Waals surface area contributed by atoms with Gasteiger partial charge < -0.3 is 25.2 Å². The number of hydrogen-bond donors (Lipinski definition) is 3. The molecule has 3 N–H and O–H groups in total. The van der Waals surface area contributed by atoms with Crippen molar-refractivity contribution in [2.24, 2.45) is 0 Å². The van der Waals surface area contributed by atoms with Crippen molar-refractivity contribution in [1.29, 1.82) is 0 Å². The van der Waals surface area contributed by atoms with Crippen molar-refractivity contribution in [1.82, 2.24) is 10.2 Å². The number of carbonyl (C=O) groups excluding carboxylic acids is 1. The highest BCUT2D eigenvalue weighted by molar-refractivity contribution is 5.83. The van der Waals surface area contributed by atoms with Crippen LogP contribution in [0.1, 0.15) is 26.2 Å².